The van der Waals surface area contributed by atoms with Crippen LogP contribution < -0.4 is 30.7 Å². The second kappa shape index (κ2) is 19.9. The van der Waals surface area contributed by atoms with Crippen molar-refractivity contribution in [2.24, 2.45) is 11.8 Å². The van der Waals surface area contributed by atoms with Crippen LogP contribution in [0.5, 0.6) is 11.5 Å². The molecule has 0 aliphatic rings. The summed E-state index contributed by atoms with van der Waals surface area (Å²) in [4.78, 5) is 53.0. The number of hydrogen-bond donors (Lipinski definition) is 4. The summed E-state index contributed by atoms with van der Waals surface area (Å²) in [6.45, 7) is 9.39. The number of rotatable bonds is 17. The number of nitrogens with one attached hydrogen (secondary N) is 4. The average molecular weight is 703 g/mol. The molecule has 0 bridgehead atoms. The van der Waals surface area contributed by atoms with E-state index < -0.39 is 23.6 Å². The van der Waals surface area contributed by atoms with Crippen LogP contribution in [0.25, 0.3) is 12.2 Å². The third-order valence-electron chi connectivity index (χ3n) is 7.30. The van der Waals surface area contributed by atoms with Gasteiger partial charge in [0.2, 0.25) is 0 Å². The highest BCUT2D eigenvalue weighted by Gasteiger charge is 2.17. The van der Waals surface area contributed by atoms with Gasteiger partial charge in [-0.1, -0.05) is 88.4 Å². The molecule has 0 radical (unpaired) electrons. The lowest BCUT2D eigenvalue weighted by atomic mass is 10.1. The van der Waals surface area contributed by atoms with Crippen LogP contribution in [-0.2, 0) is 9.59 Å². The summed E-state index contributed by atoms with van der Waals surface area (Å²) in [5.74, 6) is -0.0119. The van der Waals surface area contributed by atoms with Gasteiger partial charge < -0.3 is 30.7 Å². The molecule has 0 saturated heterocycles. The van der Waals surface area contributed by atoms with Gasteiger partial charge in [0.25, 0.3) is 23.6 Å². The Morgan fingerprint density at radius 2 is 0.865 bits per heavy atom. The lowest BCUT2D eigenvalue weighted by Crippen LogP contribution is -2.41. The fourth-order valence-electron chi connectivity index (χ4n) is 4.61. The average Bonchev–Trinajstić information content (AvgIpc) is 3.15. The molecule has 10 heteroatoms. The van der Waals surface area contributed by atoms with Gasteiger partial charge >= 0.3 is 0 Å². The maximum atomic E-state index is 13.3. The summed E-state index contributed by atoms with van der Waals surface area (Å²) in [5.41, 5.74) is 2.18. The SMILES string of the molecule is CC(C)COc1ccc(C(=O)N/C(=C/c2ccccc2)C(=O)NCCNC(=O)/C(=C\c2ccccc2)NC(=O)c2ccc(OCC(C)C)cc2)cc1. The molecule has 0 heterocycles. The van der Waals surface area contributed by atoms with E-state index in [-0.39, 0.29) is 24.5 Å². The topological polar surface area (TPSA) is 135 Å². The van der Waals surface area contributed by atoms with Crippen LogP contribution in [0.3, 0.4) is 0 Å². The van der Waals surface area contributed by atoms with E-state index in [1.165, 1.54) is 0 Å². The summed E-state index contributed by atoms with van der Waals surface area (Å²) in [7, 11) is 0. The standard InChI is InChI=1S/C42H46N4O6/c1-29(2)27-51-35-19-15-33(16-20-35)39(47)45-37(25-31-11-7-5-8-12-31)41(49)43-23-24-44-42(50)38(26-32-13-9-6-10-14-32)46-40(48)34-17-21-36(22-18-34)52-28-30(3)4/h5-22,25-26,29-30H,23-24,27-28H2,1-4H3,(H,43,49)(H,44,50)(H,45,47)(H,46,48)/b37-25+,38-26+. The predicted molar refractivity (Wildman–Crippen MR) is 203 cm³/mol. The molecule has 4 amide bonds. The molecule has 4 N–H and O–H groups in total. The first kappa shape index (κ1) is 38.6. The summed E-state index contributed by atoms with van der Waals surface area (Å²) < 4.78 is 11.4. The Morgan fingerprint density at radius 1 is 0.519 bits per heavy atom. The van der Waals surface area contributed by atoms with E-state index in [9.17, 15) is 19.2 Å². The molecular formula is C42H46N4O6. The van der Waals surface area contributed by atoms with Crippen LogP contribution >= 0.6 is 0 Å². The highest BCUT2D eigenvalue weighted by atomic mass is 16.5. The maximum Gasteiger partial charge on any atom is 0.267 e. The molecule has 0 aromatic heterocycles. The van der Waals surface area contributed by atoms with Crippen LogP contribution in [0.2, 0.25) is 0 Å². The Labute approximate surface area is 305 Å². The van der Waals surface area contributed by atoms with Gasteiger partial charge in [0.15, 0.2) is 0 Å². The van der Waals surface area contributed by atoms with E-state index in [1.54, 1.807) is 60.7 Å². The highest BCUT2D eigenvalue weighted by Crippen LogP contribution is 2.16. The van der Waals surface area contributed by atoms with E-state index >= 15 is 0 Å². The molecule has 270 valence electrons. The van der Waals surface area contributed by atoms with Gasteiger partial charge in [-0.3, -0.25) is 19.2 Å². The van der Waals surface area contributed by atoms with Crippen LogP contribution in [0, 0.1) is 11.8 Å². The largest absolute Gasteiger partial charge is 0.493 e. The van der Waals surface area contributed by atoms with E-state index in [2.05, 4.69) is 21.3 Å². The summed E-state index contributed by atoms with van der Waals surface area (Å²) in [6, 6.07) is 31.6. The minimum absolute atomic E-state index is 0.0280. The van der Waals surface area contributed by atoms with Crippen LogP contribution in [0.4, 0.5) is 0 Å². The predicted octanol–water partition coefficient (Wildman–Crippen LogP) is 6.23. The van der Waals surface area contributed by atoms with Crippen molar-refractivity contribution >= 4 is 35.8 Å². The molecule has 52 heavy (non-hydrogen) atoms. The minimum Gasteiger partial charge on any atom is -0.493 e. The lowest BCUT2D eigenvalue weighted by molar-refractivity contribution is -0.119. The first-order valence-electron chi connectivity index (χ1n) is 17.3. The first-order chi connectivity index (χ1) is 25.1. The van der Waals surface area contributed by atoms with Gasteiger partial charge in [0.1, 0.15) is 22.9 Å². The van der Waals surface area contributed by atoms with E-state index in [0.717, 1.165) is 0 Å². The van der Waals surface area contributed by atoms with Crippen molar-refractivity contribution in [2.75, 3.05) is 26.3 Å². The lowest BCUT2D eigenvalue weighted by Gasteiger charge is -2.14. The van der Waals surface area contributed by atoms with Gasteiger partial charge in [-0.05, 0) is 83.6 Å². The number of carbonyl (C=O) groups is 4. The summed E-state index contributed by atoms with van der Waals surface area (Å²) >= 11 is 0. The van der Waals surface area contributed by atoms with Crippen molar-refractivity contribution < 1.29 is 28.7 Å². The van der Waals surface area contributed by atoms with Gasteiger partial charge in [0.05, 0.1) is 13.2 Å². The number of benzene rings is 4. The van der Waals surface area contributed by atoms with Crippen molar-refractivity contribution in [3.05, 3.63) is 143 Å². The van der Waals surface area contributed by atoms with E-state index in [0.29, 0.717) is 58.8 Å². The minimum atomic E-state index is -0.544. The molecule has 0 fully saturated rings. The third-order valence-corrected chi connectivity index (χ3v) is 7.30. The molecule has 0 aliphatic carbocycles. The van der Waals surface area contributed by atoms with Gasteiger partial charge in [0, 0.05) is 24.2 Å². The Morgan fingerprint density at radius 3 is 1.19 bits per heavy atom. The van der Waals surface area contributed by atoms with Crippen molar-refractivity contribution in [2.45, 2.75) is 27.7 Å². The molecule has 0 atom stereocenters. The first-order valence-corrected chi connectivity index (χ1v) is 17.3. The summed E-state index contributed by atoms with van der Waals surface area (Å²) in [6.07, 6.45) is 3.15. The van der Waals surface area contributed by atoms with Crippen molar-refractivity contribution in [3.63, 3.8) is 0 Å². The number of carbonyl (C=O) groups excluding carboxylic acids is 4. The number of hydrogen-bond acceptors (Lipinski definition) is 6. The molecule has 4 aromatic rings. The number of amides is 4. The second-order valence-electron chi connectivity index (χ2n) is 12.8. The molecule has 4 rings (SSSR count). The highest BCUT2D eigenvalue weighted by molar-refractivity contribution is 6.06. The van der Waals surface area contributed by atoms with Gasteiger partial charge in [-0.15, -0.1) is 0 Å². The molecule has 0 unspecified atom stereocenters. The Bertz CT molecular complexity index is 1700. The van der Waals surface area contributed by atoms with Crippen molar-refractivity contribution in [1.82, 2.24) is 21.3 Å². The molecule has 0 saturated carbocycles. The molecule has 0 spiro atoms. The van der Waals surface area contributed by atoms with E-state index in [4.69, 9.17) is 9.47 Å². The number of ether oxygens (including phenoxy) is 2. The zero-order chi connectivity index (χ0) is 37.3. The smallest absolute Gasteiger partial charge is 0.267 e. The van der Waals surface area contributed by atoms with Crippen molar-refractivity contribution in [1.29, 1.82) is 0 Å². The zero-order valence-electron chi connectivity index (χ0n) is 30.0. The van der Waals surface area contributed by atoms with Gasteiger partial charge in [-0.25, -0.2) is 0 Å². The molecular weight excluding hydrogens is 656 g/mol. The van der Waals surface area contributed by atoms with Gasteiger partial charge in [-0.2, -0.15) is 0 Å². The van der Waals surface area contributed by atoms with Crippen LogP contribution in [0.1, 0.15) is 59.5 Å². The molecule has 10 nitrogen and oxygen atoms in total. The Balaban J connectivity index is 1.39. The van der Waals surface area contributed by atoms with Crippen molar-refractivity contribution in [3.8, 4) is 11.5 Å². The molecule has 4 aromatic carbocycles. The zero-order valence-corrected chi connectivity index (χ0v) is 30.0. The molecule has 0 aliphatic heterocycles. The summed E-state index contributed by atoms with van der Waals surface area (Å²) in [5, 5.41) is 10.9. The third kappa shape index (κ3) is 12.9. The quantitative estimate of drug-likeness (QED) is 0.0762. The normalized spacial score (nSPS) is 11.5. The van der Waals surface area contributed by atoms with E-state index in [1.807, 2.05) is 88.4 Å². The second-order valence-corrected chi connectivity index (χ2v) is 12.8. The fourth-order valence-corrected chi connectivity index (χ4v) is 4.61. The van der Waals surface area contributed by atoms with Crippen LogP contribution in [-0.4, -0.2) is 49.9 Å². The maximum absolute atomic E-state index is 13.3. The Kier molecular flexibility index (Phi) is 14.8. The van der Waals surface area contributed by atoms with Crippen LogP contribution in [0.15, 0.2) is 121 Å². The monoisotopic (exact) mass is 702 g/mol. The Hall–Kier alpha value is -6.16. The fraction of sp³-hybridized carbons (Fsp3) is 0.238.